The fourth-order valence-corrected chi connectivity index (χ4v) is 4.86. The van der Waals surface area contributed by atoms with Crippen LogP contribution >= 0.6 is 11.8 Å². The standard InChI is InChI=1S/C19H28N2O3S/c1-2-24-17-6-4-3-5-16(17)18(19(22)23)21-9-7-15(8-10-21)20-11-13-25-14-12-20/h3-6,15,18H,2,7-14H2,1H3,(H,22,23)/t18-/m1/s1. The molecular formula is C19H28N2O3S. The van der Waals surface area contributed by atoms with E-state index in [2.05, 4.69) is 9.80 Å². The number of carboxylic acids is 1. The molecule has 138 valence electrons. The van der Waals surface area contributed by atoms with Gasteiger partial charge in [0.25, 0.3) is 0 Å². The second-order valence-electron chi connectivity index (χ2n) is 6.63. The van der Waals surface area contributed by atoms with Crippen molar-refractivity contribution in [3.63, 3.8) is 0 Å². The molecule has 2 heterocycles. The van der Waals surface area contributed by atoms with Crippen LogP contribution in [-0.4, -0.2) is 71.2 Å². The van der Waals surface area contributed by atoms with E-state index in [4.69, 9.17) is 4.74 Å². The van der Waals surface area contributed by atoms with Crippen molar-refractivity contribution >= 4 is 17.7 Å². The highest BCUT2D eigenvalue weighted by Gasteiger charge is 2.34. The van der Waals surface area contributed by atoms with Crippen LogP contribution in [0.4, 0.5) is 0 Å². The average Bonchev–Trinajstić information content (AvgIpc) is 2.65. The summed E-state index contributed by atoms with van der Waals surface area (Å²) in [5.74, 6) is 2.34. The molecule has 6 heteroatoms. The molecule has 0 aromatic heterocycles. The van der Waals surface area contributed by atoms with Crippen LogP contribution in [-0.2, 0) is 4.79 Å². The van der Waals surface area contributed by atoms with Gasteiger partial charge in [-0.2, -0.15) is 11.8 Å². The second kappa shape index (κ2) is 8.92. The Kier molecular flexibility index (Phi) is 6.62. The number of piperidine rings is 1. The zero-order valence-corrected chi connectivity index (χ0v) is 15.7. The van der Waals surface area contributed by atoms with Gasteiger partial charge in [0.15, 0.2) is 0 Å². The third kappa shape index (κ3) is 4.49. The molecule has 0 spiro atoms. The number of nitrogens with zero attached hydrogens (tertiary/aromatic N) is 2. The summed E-state index contributed by atoms with van der Waals surface area (Å²) in [7, 11) is 0. The molecule has 1 aromatic rings. The van der Waals surface area contributed by atoms with Gasteiger partial charge in [0.05, 0.1) is 6.61 Å². The van der Waals surface area contributed by atoms with Crippen molar-refractivity contribution in [2.24, 2.45) is 0 Å². The average molecular weight is 365 g/mol. The summed E-state index contributed by atoms with van der Waals surface area (Å²) >= 11 is 2.03. The quantitative estimate of drug-likeness (QED) is 0.838. The highest BCUT2D eigenvalue weighted by molar-refractivity contribution is 7.99. The molecule has 0 unspecified atom stereocenters. The van der Waals surface area contributed by atoms with E-state index >= 15 is 0 Å². The first-order valence-electron chi connectivity index (χ1n) is 9.21. The first-order chi connectivity index (χ1) is 12.2. The third-order valence-corrected chi connectivity index (χ3v) is 6.12. The third-order valence-electron chi connectivity index (χ3n) is 5.17. The number of thioether (sulfide) groups is 1. The van der Waals surface area contributed by atoms with Crippen LogP contribution < -0.4 is 4.74 Å². The summed E-state index contributed by atoms with van der Waals surface area (Å²) in [4.78, 5) is 16.7. The SMILES string of the molecule is CCOc1ccccc1[C@H](C(=O)O)N1CCC(N2CCSCC2)CC1. The summed E-state index contributed by atoms with van der Waals surface area (Å²) in [6, 6.07) is 7.53. The molecule has 2 aliphatic rings. The van der Waals surface area contributed by atoms with Gasteiger partial charge in [-0.15, -0.1) is 0 Å². The van der Waals surface area contributed by atoms with E-state index in [1.54, 1.807) is 0 Å². The molecule has 2 aliphatic heterocycles. The van der Waals surface area contributed by atoms with Crippen molar-refractivity contribution in [3.05, 3.63) is 29.8 Å². The minimum absolute atomic E-state index is 0.540. The molecule has 25 heavy (non-hydrogen) atoms. The van der Waals surface area contributed by atoms with Gasteiger partial charge in [-0.1, -0.05) is 18.2 Å². The van der Waals surface area contributed by atoms with E-state index < -0.39 is 12.0 Å². The van der Waals surface area contributed by atoms with Gasteiger partial charge in [-0.25, -0.2) is 0 Å². The highest BCUT2D eigenvalue weighted by atomic mass is 32.2. The predicted molar refractivity (Wildman–Crippen MR) is 101 cm³/mol. The van der Waals surface area contributed by atoms with Crippen LogP contribution in [0, 0.1) is 0 Å². The van der Waals surface area contributed by atoms with Gasteiger partial charge >= 0.3 is 5.97 Å². The largest absolute Gasteiger partial charge is 0.494 e. The smallest absolute Gasteiger partial charge is 0.325 e. The number of carbonyl (C=O) groups is 1. The molecule has 3 rings (SSSR count). The zero-order valence-electron chi connectivity index (χ0n) is 14.9. The number of carboxylic acid groups (broad SMARTS) is 1. The van der Waals surface area contributed by atoms with Crippen molar-refractivity contribution in [1.82, 2.24) is 9.80 Å². The van der Waals surface area contributed by atoms with Gasteiger partial charge in [0.1, 0.15) is 11.8 Å². The predicted octanol–water partition coefficient (Wildman–Crippen LogP) is 2.72. The summed E-state index contributed by atoms with van der Waals surface area (Å²) < 4.78 is 5.67. The van der Waals surface area contributed by atoms with E-state index in [1.165, 1.54) is 24.6 Å². The lowest BCUT2D eigenvalue weighted by atomic mass is 9.97. The van der Waals surface area contributed by atoms with E-state index in [1.807, 2.05) is 43.0 Å². The number of hydrogen-bond acceptors (Lipinski definition) is 5. The Bertz CT molecular complexity index is 570. The number of para-hydroxylation sites is 1. The number of rotatable bonds is 6. The zero-order chi connectivity index (χ0) is 17.6. The molecule has 1 aromatic carbocycles. The van der Waals surface area contributed by atoms with Gasteiger partial charge in [-0.05, 0) is 25.8 Å². The van der Waals surface area contributed by atoms with E-state index in [0.29, 0.717) is 18.4 Å². The summed E-state index contributed by atoms with van der Waals surface area (Å²) in [5.41, 5.74) is 0.768. The van der Waals surface area contributed by atoms with Crippen LogP contribution in [0.3, 0.4) is 0 Å². The Labute approximate surface area is 154 Å². The minimum Gasteiger partial charge on any atom is -0.494 e. The maximum atomic E-state index is 12.0. The second-order valence-corrected chi connectivity index (χ2v) is 7.85. The van der Waals surface area contributed by atoms with Gasteiger partial charge in [-0.3, -0.25) is 14.6 Å². The molecule has 0 aliphatic carbocycles. The van der Waals surface area contributed by atoms with E-state index in [0.717, 1.165) is 31.5 Å². The van der Waals surface area contributed by atoms with Crippen LogP contribution in [0.15, 0.2) is 24.3 Å². The van der Waals surface area contributed by atoms with Crippen molar-refractivity contribution in [2.75, 3.05) is 44.3 Å². The molecule has 5 nitrogen and oxygen atoms in total. The van der Waals surface area contributed by atoms with Crippen LogP contribution in [0.1, 0.15) is 31.4 Å². The van der Waals surface area contributed by atoms with E-state index in [9.17, 15) is 9.90 Å². The van der Waals surface area contributed by atoms with Crippen LogP contribution in [0.5, 0.6) is 5.75 Å². The molecule has 1 N–H and O–H groups in total. The first-order valence-corrected chi connectivity index (χ1v) is 10.4. The Hall–Kier alpha value is -1.24. The Morgan fingerprint density at radius 3 is 2.56 bits per heavy atom. The number of ether oxygens (including phenoxy) is 1. The minimum atomic E-state index is -0.792. The van der Waals surface area contributed by atoms with Crippen LogP contribution in [0.2, 0.25) is 0 Å². The van der Waals surface area contributed by atoms with E-state index in [-0.39, 0.29) is 0 Å². The molecule has 0 bridgehead atoms. The van der Waals surface area contributed by atoms with Crippen molar-refractivity contribution in [3.8, 4) is 5.75 Å². The lowest BCUT2D eigenvalue weighted by molar-refractivity contribution is -0.144. The first kappa shape index (κ1) is 18.5. The molecular weight excluding hydrogens is 336 g/mol. The molecule has 0 radical (unpaired) electrons. The normalized spacial score (nSPS) is 21.8. The van der Waals surface area contributed by atoms with Crippen molar-refractivity contribution in [1.29, 1.82) is 0 Å². The lowest BCUT2D eigenvalue weighted by Crippen LogP contribution is -2.49. The lowest BCUT2D eigenvalue weighted by Gasteiger charge is -2.41. The topological polar surface area (TPSA) is 53.0 Å². The van der Waals surface area contributed by atoms with Crippen molar-refractivity contribution < 1.29 is 14.6 Å². The number of benzene rings is 1. The molecule has 2 fully saturated rings. The van der Waals surface area contributed by atoms with Gasteiger partial charge < -0.3 is 9.84 Å². The Morgan fingerprint density at radius 2 is 1.92 bits per heavy atom. The maximum absolute atomic E-state index is 12.0. The summed E-state index contributed by atoms with van der Waals surface area (Å²) in [6.45, 7) is 6.46. The van der Waals surface area contributed by atoms with Crippen LogP contribution in [0.25, 0.3) is 0 Å². The van der Waals surface area contributed by atoms with Gasteiger partial charge in [0.2, 0.25) is 0 Å². The molecule has 0 amide bonds. The summed E-state index contributed by atoms with van der Waals surface area (Å²) in [5, 5.41) is 9.88. The Morgan fingerprint density at radius 1 is 1.24 bits per heavy atom. The van der Waals surface area contributed by atoms with Crippen molar-refractivity contribution in [2.45, 2.75) is 31.8 Å². The monoisotopic (exact) mass is 364 g/mol. The fraction of sp³-hybridized carbons (Fsp3) is 0.632. The highest BCUT2D eigenvalue weighted by Crippen LogP contribution is 2.32. The number of aliphatic carboxylic acids is 1. The molecule has 0 saturated carbocycles. The summed E-state index contributed by atoms with van der Waals surface area (Å²) in [6.07, 6.45) is 2.09. The fourth-order valence-electron chi connectivity index (χ4n) is 3.93. The number of hydrogen-bond donors (Lipinski definition) is 1. The number of likely N-dealkylation sites (tertiary alicyclic amines) is 1. The Balaban J connectivity index is 1.69. The maximum Gasteiger partial charge on any atom is 0.325 e. The van der Waals surface area contributed by atoms with Gasteiger partial charge in [0, 0.05) is 49.3 Å². The molecule has 1 atom stereocenters. The molecule has 2 saturated heterocycles.